The highest BCUT2D eigenvalue weighted by Gasteiger charge is 2.24. The van der Waals surface area contributed by atoms with Crippen molar-refractivity contribution in [2.45, 2.75) is 0 Å². The summed E-state index contributed by atoms with van der Waals surface area (Å²) in [7, 11) is 0. The topological polar surface area (TPSA) is 42.5 Å². The van der Waals surface area contributed by atoms with Gasteiger partial charge in [0.25, 0.3) is 0 Å². The van der Waals surface area contributed by atoms with E-state index < -0.39 is 0 Å². The standard InChI is InChI=1S/2C48H32N2.C47H31N3/c1-3-12-33(13-4-1)35-22-26-39(27-23-35)49-45-20-9-7-18-41(45)43-28-24-37(31-47(43)49)38-25-29-44-42-19-8-10-21-46(42)50(48(44)32-38)40-17-11-16-36(30-40)34-14-5-2-6-15-34;1-3-11-33(12-4-1)35-19-25-39(26-20-35)49-45-17-9-7-15-41(45)43-29-23-37(31-47(43)49)38-24-30-44-42-16-8-10-18-46(42)50(48(44)32-38)40-27-21-36(22-28-40)34-13-5-2-6-14-34;1-3-12-32(13-4-1)33-22-26-37(27-23-33)49-43-19-9-7-16-38(43)40-30-35(24-28-45(40)49)36-25-29-46-41(31-36)39-17-8-10-20-44(39)50(46)47-21-11-18-42(48-47)34-14-5-2-6-15-34/h2*1-32H;1-31H. The SMILES string of the molecule is c1ccc(-c2ccc(-n3c4ccccc4c4cc(-c5ccc6c(c5)c5ccccc5n6-c5cccc(-c6ccccc6)n5)ccc43)cc2)cc1.c1ccc(-c2ccc(-n3c4ccccc4c4ccc(-c5ccc6c7ccccc7n(-c7ccc(-c8ccccc8)cc7)c6c5)cc43)cc2)cc1.c1ccc(-c2ccc(-n3c4ccccc4c4ccc(-c5ccc6c7ccccc7n(-c7cccc(-c8ccccc8)c7)c6c5)cc43)cc2)cc1. The zero-order valence-corrected chi connectivity index (χ0v) is 82.0. The molecule has 7 aromatic heterocycles. The number of pyridine rings is 1. The molecular formula is C143H95N7. The van der Waals surface area contributed by atoms with Crippen LogP contribution in [0.15, 0.2) is 576 Å². The number of rotatable bonds is 15. The normalized spacial score (nSPS) is 11.6. The number of aromatic nitrogens is 7. The summed E-state index contributed by atoms with van der Waals surface area (Å²) < 4.78 is 14.3. The zero-order chi connectivity index (χ0) is 99.1. The predicted octanol–water partition coefficient (Wildman–Crippen LogP) is 38.0. The molecule has 0 radical (unpaired) electrons. The highest BCUT2D eigenvalue weighted by atomic mass is 15.1. The van der Waals surface area contributed by atoms with E-state index in [2.05, 4.69) is 598 Å². The van der Waals surface area contributed by atoms with E-state index in [4.69, 9.17) is 4.98 Å². The molecule has 0 unspecified atom stereocenters. The third-order valence-corrected chi connectivity index (χ3v) is 30.2. The van der Waals surface area contributed by atoms with Crippen molar-refractivity contribution in [2.75, 3.05) is 0 Å². The van der Waals surface area contributed by atoms with E-state index in [1.165, 1.54) is 209 Å². The molecule has 0 amide bonds. The first-order chi connectivity index (χ1) is 74.4. The molecule has 0 aliphatic heterocycles. The first-order valence-corrected chi connectivity index (χ1v) is 51.4. The summed E-state index contributed by atoms with van der Waals surface area (Å²) in [5.74, 6) is 0.913. The molecule has 23 aromatic carbocycles. The molecule has 0 N–H and O–H groups in total. The molecule has 0 aliphatic carbocycles. The Bertz CT molecular complexity index is 10200. The third-order valence-electron chi connectivity index (χ3n) is 30.2. The molecule has 30 rings (SSSR count). The second-order valence-corrected chi connectivity index (χ2v) is 38.8. The van der Waals surface area contributed by atoms with Gasteiger partial charge in [0.1, 0.15) is 5.82 Å². The van der Waals surface area contributed by atoms with Crippen molar-refractivity contribution in [1.29, 1.82) is 0 Å². The monoisotopic (exact) mass is 1910 g/mol. The summed E-state index contributed by atoms with van der Waals surface area (Å²) in [6, 6.07) is 208. The van der Waals surface area contributed by atoms with Crippen molar-refractivity contribution in [3.63, 3.8) is 0 Å². The maximum absolute atomic E-state index is 5.14. The number of para-hydroxylation sites is 6. The highest BCUT2D eigenvalue weighted by Crippen LogP contribution is 2.46. The van der Waals surface area contributed by atoms with E-state index in [-0.39, 0.29) is 0 Å². The fraction of sp³-hybridized carbons (Fsp3) is 0. The van der Waals surface area contributed by atoms with Crippen molar-refractivity contribution in [1.82, 2.24) is 32.4 Å². The first kappa shape index (κ1) is 87.8. The van der Waals surface area contributed by atoms with E-state index in [0.29, 0.717) is 0 Å². The molecule has 702 valence electrons. The number of fused-ring (bicyclic) bond motifs is 18. The van der Waals surface area contributed by atoms with Gasteiger partial charge < -0.3 is 22.8 Å². The lowest BCUT2D eigenvalue weighted by atomic mass is 10.0. The molecule has 0 saturated heterocycles. The summed E-state index contributed by atoms with van der Waals surface area (Å²) in [6.07, 6.45) is 0. The van der Waals surface area contributed by atoms with E-state index in [9.17, 15) is 0 Å². The minimum atomic E-state index is 0.913. The summed E-state index contributed by atoms with van der Waals surface area (Å²) in [5, 5.41) is 15.0. The van der Waals surface area contributed by atoms with Gasteiger partial charge in [-0.15, -0.1) is 0 Å². The van der Waals surface area contributed by atoms with E-state index in [0.717, 1.165) is 56.5 Å². The minimum Gasteiger partial charge on any atom is -0.309 e. The van der Waals surface area contributed by atoms with Crippen LogP contribution in [0.4, 0.5) is 0 Å². The molecule has 30 aromatic rings. The van der Waals surface area contributed by atoms with Gasteiger partial charge in [0.15, 0.2) is 0 Å². The molecule has 0 bridgehead atoms. The van der Waals surface area contributed by atoms with Crippen LogP contribution in [0.5, 0.6) is 0 Å². The van der Waals surface area contributed by atoms with E-state index >= 15 is 0 Å². The Labute approximate surface area is 867 Å². The molecule has 7 heterocycles. The van der Waals surface area contributed by atoms with Gasteiger partial charge in [-0.05, 0) is 247 Å². The summed E-state index contributed by atoms with van der Waals surface area (Å²) in [4.78, 5) is 5.14. The van der Waals surface area contributed by atoms with Crippen molar-refractivity contribution >= 4 is 131 Å². The lowest BCUT2D eigenvalue weighted by Gasteiger charge is -2.12. The van der Waals surface area contributed by atoms with Gasteiger partial charge in [0.05, 0.1) is 71.9 Å². The van der Waals surface area contributed by atoms with Gasteiger partial charge in [-0.1, -0.05) is 419 Å². The molecule has 7 nitrogen and oxygen atoms in total. The number of hydrogen-bond donors (Lipinski definition) is 0. The number of hydrogen-bond acceptors (Lipinski definition) is 1. The van der Waals surface area contributed by atoms with Crippen LogP contribution in [0, 0.1) is 0 Å². The average molecular weight is 1910 g/mol. The minimum absolute atomic E-state index is 0.913. The van der Waals surface area contributed by atoms with Gasteiger partial charge in [0.2, 0.25) is 0 Å². The maximum Gasteiger partial charge on any atom is 0.138 e. The quantitative estimate of drug-likeness (QED) is 0.101. The van der Waals surface area contributed by atoms with Crippen LogP contribution in [-0.4, -0.2) is 32.4 Å². The molecule has 0 saturated carbocycles. The fourth-order valence-corrected chi connectivity index (χ4v) is 23.0. The highest BCUT2D eigenvalue weighted by molar-refractivity contribution is 6.17. The summed E-state index contributed by atoms with van der Waals surface area (Å²) in [5.41, 5.74) is 41.5. The van der Waals surface area contributed by atoms with E-state index in [1.807, 2.05) is 6.07 Å². The molecule has 0 fully saturated rings. The first-order valence-electron chi connectivity index (χ1n) is 51.4. The predicted molar refractivity (Wildman–Crippen MR) is 632 cm³/mol. The lowest BCUT2D eigenvalue weighted by molar-refractivity contribution is 1.08. The Morgan fingerprint density at radius 3 is 0.620 bits per heavy atom. The van der Waals surface area contributed by atoms with Gasteiger partial charge in [0, 0.05) is 98.6 Å². The van der Waals surface area contributed by atoms with Crippen LogP contribution >= 0.6 is 0 Å². The fourth-order valence-electron chi connectivity index (χ4n) is 23.0. The lowest BCUT2D eigenvalue weighted by Crippen LogP contribution is -1.98. The van der Waals surface area contributed by atoms with Crippen LogP contribution < -0.4 is 0 Å². The molecule has 0 atom stereocenters. The summed E-state index contributed by atoms with van der Waals surface area (Å²) in [6.45, 7) is 0. The van der Waals surface area contributed by atoms with Crippen LogP contribution in [0.3, 0.4) is 0 Å². The van der Waals surface area contributed by atoms with Gasteiger partial charge >= 0.3 is 0 Å². The Balaban J connectivity index is 0.000000108. The molecular weight excluding hydrogens is 1820 g/mol. The van der Waals surface area contributed by atoms with Crippen LogP contribution in [0.1, 0.15) is 0 Å². The Morgan fingerprint density at radius 1 is 0.100 bits per heavy atom. The Kier molecular flexibility index (Phi) is 21.8. The average Bonchev–Trinajstić information content (AvgIpc) is 1.59. The Hall–Kier alpha value is -20.0. The zero-order valence-electron chi connectivity index (χ0n) is 82.0. The van der Waals surface area contributed by atoms with Gasteiger partial charge in [-0.3, -0.25) is 4.57 Å². The van der Waals surface area contributed by atoms with Crippen molar-refractivity contribution in [2.24, 2.45) is 0 Å². The maximum atomic E-state index is 5.14. The smallest absolute Gasteiger partial charge is 0.138 e. The van der Waals surface area contributed by atoms with Crippen LogP contribution in [0.25, 0.3) is 265 Å². The molecule has 0 aliphatic rings. The number of benzene rings is 23. The van der Waals surface area contributed by atoms with Gasteiger partial charge in [-0.2, -0.15) is 0 Å². The molecule has 7 heteroatoms. The second kappa shape index (κ2) is 37.3. The van der Waals surface area contributed by atoms with Crippen molar-refractivity contribution in [3.8, 4) is 135 Å². The largest absolute Gasteiger partial charge is 0.309 e. The molecule has 150 heavy (non-hydrogen) atoms. The van der Waals surface area contributed by atoms with Gasteiger partial charge in [-0.25, -0.2) is 4.98 Å². The van der Waals surface area contributed by atoms with Crippen molar-refractivity contribution < 1.29 is 0 Å². The van der Waals surface area contributed by atoms with Crippen LogP contribution in [-0.2, 0) is 0 Å². The second-order valence-electron chi connectivity index (χ2n) is 38.8. The number of nitrogens with zero attached hydrogens (tertiary/aromatic N) is 7. The third kappa shape index (κ3) is 15.6. The van der Waals surface area contributed by atoms with Crippen LogP contribution in [0.2, 0.25) is 0 Å². The van der Waals surface area contributed by atoms with Crippen molar-refractivity contribution in [3.05, 3.63) is 576 Å². The summed E-state index contributed by atoms with van der Waals surface area (Å²) >= 11 is 0. The Morgan fingerprint density at radius 2 is 0.300 bits per heavy atom. The molecule has 0 spiro atoms. The van der Waals surface area contributed by atoms with E-state index in [1.54, 1.807) is 0 Å².